The van der Waals surface area contributed by atoms with Crippen molar-refractivity contribution in [3.8, 4) is 6.07 Å². The molecule has 1 saturated heterocycles. The summed E-state index contributed by atoms with van der Waals surface area (Å²) < 4.78 is 0. The molecule has 0 amide bonds. The van der Waals surface area contributed by atoms with Crippen molar-refractivity contribution in [3.05, 3.63) is 28.8 Å². The van der Waals surface area contributed by atoms with E-state index in [-0.39, 0.29) is 0 Å². The highest BCUT2D eigenvalue weighted by atomic mass is 35.5. The van der Waals surface area contributed by atoms with E-state index < -0.39 is 0 Å². The summed E-state index contributed by atoms with van der Waals surface area (Å²) in [7, 11) is 0. The smallest absolute Gasteiger partial charge is 0.103 e. The van der Waals surface area contributed by atoms with Crippen molar-refractivity contribution >= 4 is 17.3 Å². The lowest BCUT2D eigenvalue weighted by Crippen LogP contribution is -2.47. The van der Waals surface area contributed by atoms with Crippen molar-refractivity contribution in [2.75, 3.05) is 37.6 Å². The van der Waals surface area contributed by atoms with Gasteiger partial charge in [0.2, 0.25) is 0 Å². The molecule has 0 bridgehead atoms. The zero-order valence-electron chi connectivity index (χ0n) is 11.6. The molecule has 0 N–H and O–H groups in total. The van der Waals surface area contributed by atoms with E-state index in [0.717, 1.165) is 38.4 Å². The average Bonchev–Trinajstić information content (AvgIpc) is 2.38. The van der Waals surface area contributed by atoms with Gasteiger partial charge in [-0.2, -0.15) is 5.26 Å². The number of nitrogens with zero attached hydrogens (tertiary/aromatic N) is 3. The van der Waals surface area contributed by atoms with Gasteiger partial charge in [0.05, 0.1) is 16.3 Å². The van der Waals surface area contributed by atoms with E-state index in [1.54, 1.807) is 6.07 Å². The van der Waals surface area contributed by atoms with Crippen LogP contribution in [0.4, 0.5) is 5.69 Å². The minimum absolute atomic E-state index is 0.546. The number of halogens is 1. The Bertz CT molecular complexity index is 471. The summed E-state index contributed by atoms with van der Waals surface area (Å²) in [6.45, 7) is 9.66. The SMILES string of the molecule is CC(C)CN1CCN(c2cccc(Cl)c2C#N)CC1. The first-order valence-electron chi connectivity index (χ1n) is 6.77. The highest BCUT2D eigenvalue weighted by Crippen LogP contribution is 2.27. The first-order valence-corrected chi connectivity index (χ1v) is 7.15. The van der Waals surface area contributed by atoms with Gasteiger partial charge in [-0.25, -0.2) is 0 Å². The lowest BCUT2D eigenvalue weighted by Gasteiger charge is -2.37. The lowest BCUT2D eigenvalue weighted by atomic mass is 10.1. The largest absolute Gasteiger partial charge is 0.368 e. The maximum atomic E-state index is 9.23. The summed E-state index contributed by atoms with van der Waals surface area (Å²) in [5.74, 6) is 0.701. The van der Waals surface area contributed by atoms with Crippen molar-refractivity contribution < 1.29 is 0 Å². The third-order valence-corrected chi connectivity index (χ3v) is 3.75. The van der Waals surface area contributed by atoms with Crippen LogP contribution in [0.15, 0.2) is 18.2 Å². The van der Waals surface area contributed by atoms with E-state index >= 15 is 0 Å². The van der Waals surface area contributed by atoms with Crippen molar-refractivity contribution in [1.29, 1.82) is 5.26 Å². The fraction of sp³-hybridized carbons (Fsp3) is 0.533. The molecule has 1 aromatic carbocycles. The Morgan fingerprint density at radius 3 is 2.53 bits per heavy atom. The summed E-state index contributed by atoms with van der Waals surface area (Å²) >= 11 is 6.09. The van der Waals surface area contributed by atoms with Crippen LogP contribution in [0, 0.1) is 17.2 Å². The Hall–Kier alpha value is -1.24. The number of hydrogen-bond donors (Lipinski definition) is 0. The van der Waals surface area contributed by atoms with Gasteiger partial charge in [0.15, 0.2) is 0 Å². The Morgan fingerprint density at radius 2 is 1.95 bits per heavy atom. The first-order chi connectivity index (χ1) is 9.11. The van der Waals surface area contributed by atoms with Gasteiger partial charge in [0, 0.05) is 32.7 Å². The van der Waals surface area contributed by atoms with Crippen molar-refractivity contribution in [1.82, 2.24) is 4.90 Å². The van der Waals surface area contributed by atoms with Crippen molar-refractivity contribution in [2.45, 2.75) is 13.8 Å². The Balaban J connectivity index is 2.06. The van der Waals surface area contributed by atoms with Crippen LogP contribution in [0.2, 0.25) is 5.02 Å². The molecule has 19 heavy (non-hydrogen) atoms. The molecule has 0 spiro atoms. The molecule has 0 aliphatic carbocycles. The zero-order chi connectivity index (χ0) is 13.8. The van der Waals surface area contributed by atoms with Gasteiger partial charge in [-0.05, 0) is 18.1 Å². The molecule has 4 heteroatoms. The van der Waals surface area contributed by atoms with Crippen LogP contribution in [0.1, 0.15) is 19.4 Å². The van der Waals surface area contributed by atoms with E-state index in [9.17, 15) is 5.26 Å². The molecule has 1 heterocycles. The molecule has 0 aromatic heterocycles. The average molecular weight is 278 g/mol. The molecule has 1 fully saturated rings. The van der Waals surface area contributed by atoms with Gasteiger partial charge >= 0.3 is 0 Å². The summed E-state index contributed by atoms with van der Waals surface area (Å²) in [5.41, 5.74) is 1.57. The highest BCUT2D eigenvalue weighted by Gasteiger charge is 2.20. The molecule has 0 unspecified atom stereocenters. The number of nitriles is 1. The van der Waals surface area contributed by atoms with Crippen LogP contribution in [-0.4, -0.2) is 37.6 Å². The summed E-state index contributed by atoms with van der Waals surface area (Å²) in [5, 5.41) is 9.78. The molecular formula is C15H20ClN3. The second-order valence-corrected chi connectivity index (χ2v) is 5.83. The van der Waals surface area contributed by atoms with Crippen LogP contribution in [-0.2, 0) is 0 Å². The molecular weight excluding hydrogens is 258 g/mol. The Kier molecular flexibility index (Phi) is 4.68. The molecule has 1 aliphatic heterocycles. The molecule has 2 rings (SSSR count). The van der Waals surface area contributed by atoms with Crippen LogP contribution < -0.4 is 4.90 Å². The predicted molar refractivity (Wildman–Crippen MR) is 79.7 cm³/mol. The Morgan fingerprint density at radius 1 is 1.26 bits per heavy atom. The van der Waals surface area contributed by atoms with Gasteiger partial charge in [-0.15, -0.1) is 0 Å². The van der Waals surface area contributed by atoms with Gasteiger partial charge in [-0.1, -0.05) is 31.5 Å². The topological polar surface area (TPSA) is 30.3 Å². The molecule has 102 valence electrons. The molecule has 1 aromatic rings. The fourth-order valence-electron chi connectivity index (χ4n) is 2.57. The van der Waals surface area contributed by atoms with E-state index in [2.05, 4.69) is 29.7 Å². The molecule has 1 aliphatic rings. The molecule has 0 atom stereocenters. The van der Waals surface area contributed by atoms with Crippen LogP contribution in [0.5, 0.6) is 0 Å². The normalized spacial score (nSPS) is 16.7. The lowest BCUT2D eigenvalue weighted by molar-refractivity contribution is 0.231. The fourth-order valence-corrected chi connectivity index (χ4v) is 2.79. The zero-order valence-corrected chi connectivity index (χ0v) is 12.3. The monoisotopic (exact) mass is 277 g/mol. The maximum Gasteiger partial charge on any atom is 0.103 e. The van der Waals surface area contributed by atoms with Gasteiger partial charge < -0.3 is 4.90 Å². The number of hydrogen-bond acceptors (Lipinski definition) is 3. The molecule has 0 saturated carbocycles. The third kappa shape index (κ3) is 3.40. The second kappa shape index (κ2) is 6.27. The van der Waals surface area contributed by atoms with E-state index in [4.69, 9.17) is 11.6 Å². The summed E-state index contributed by atoms with van der Waals surface area (Å²) in [6.07, 6.45) is 0. The minimum atomic E-state index is 0.546. The summed E-state index contributed by atoms with van der Waals surface area (Å²) in [6, 6.07) is 7.90. The van der Waals surface area contributed by atoms with E-state index in [1.165, 1.54) is 0 Å². The molecule has 0 radical (unpaired) electrons. The second-order valence-electron chi connectivity index (χ2n) is 5.43. The van der Waals surface area contributed by atoms with Gasteiger partial charge in [-0.3, -0.25) is 4.90 Å². The third-order valence-electron chi connectivity index (χ3n) is 3.44. The van der Waals surface area contributed by atoms with Crippen LogP contribution in [0.25, 0.3) is 0 Å². The number of benzene rings is 1. The first kappa shape index (κ1) is 14.2. The maximum absolute atomic E-state index is 9.23. The predicted octanol–water partition coefficient (Wildman–Crippen LogP) is 2.99. The van der Waals surface area contributed by atoms with Gasteiger partial charge in [0.1, 0.15) is 6.07 Å². The molecule has 3 nitrogen and oxygen atoms in total. The van der Waals surface area contributed by atoms with E-state index in [1.807, 2.05) is 12.1 Å². The van der Waals surface area contributed by atoms with Crippen LogP contribution in [0.3, 0.4) is 0 Å². The summed E-state index contributed by atoms with van der Waals surface area (Å²) in [4.78, 5) is 4.75. The number of rotatable bonds is 3. The van der Waals surface area contributed by atoms with Gasteiger partial charge in [0.25, 0.3) is 0 Å². The number of piperazine rings is 1. The number of anilines is 1. The standard InChI is InChI=1S/C15H20ClN3/c1-12(2)11-18-6-8-19(9-7-18)15-5-3-4-14(16)13(15)10-17/h3-5,12H,6-9,11H2,1-2H3. The Labute approximate surface area is 120 Å². The van der Waals surface area contributed by atoms with E-state index in [0.29, 0.717) is 16.5 Å². The highest BCUT2D eigenvalue weighted by molar-refractivity contribution is 6.32. The van der Waals surface area contributed by atoms with Crippen LogP contribution >= 0.6 is 11.6 Å². The quantitative estimate of drug-likeness (QED) is 0.851. The van der Waals surface area contributed by atoms with Crippen molar-refractivity contribution in [2.24, 2.45) is 5.92 Å². The minimum Gasteiger partial charge on any atom is -0.368 e. The van der Waals surface area contributed by atoms with Crippen molar-refractivity contribution in [3.63, 3.8) is 0 Å².